The number of amidine groups is 1. The second kappa shape index (κ2) is 3.96. The molecule has 0 aromatic heterocycles. The van der Waals surface area contributed by atoms with Crippen LogP contribution in [0.2, 0.25) is 0 Å². The van der Waals surface area contributed by atoms with E-state index in [1.54, 1.807) is 0 Å². The van der Waals surface area contributed by atoms with E-state index >= 15 is 0 Å². The lowest BCUT2D eigenvalue weighted by Crippen LogP contribution is -2.29. The first kappa shape index (κ1) is 8.05. The summed E-state index contributed by atoms with van der Waals surface area (Å²) >= 11 is 0. The monoisotopic (exact) mass is 150 g/mol. The van der Waals surface area contributed by atoms with Crippen LogP contribution in [-0.4, -0.2) is 23.8 Å². The third-order valence-corrected chi connectivity index (χ3v) is 1.66. The highest BCUT2D eigenvalue weighted by Crippen LogP contribution is 1.99. The van der Waals surface area contributed by atoms with Gasteiger partial charge in [0.15, 0.2) is 0 Å². The van der Waals surface area contributed by atoms with Gasteiger partial charge in [0.1, 0.15) is 5.84 Å². The molecular formula is C9H14N2. The van der Waals surface area contributed by atoms with Crippen molar-refractivity contribution in [1.29, 1.82) is 5.41 Å². The minimum absolute atomic E-state index is 0.622. The van der Waals surface area contributed by atoms with Crippen LogP contribution < -0.4 is 0 Å². The van der Waals surface area contributed by atoms with Crippen molar-refractivity contribution in [2.75, 3.05) is 13.1 Å². The zero-order valence-electron chi connectivity index (χ0n) is 6.88. The molecule has 0 saturated heterocycles. The topological polar surface area (TPSA) is 27.1 Å². The zero-order valence-corrected chi connectivity index (χ0v) is 6.88. The molecule has 1 heterocycles. The number of nitrogens with one attached hydrogen (secondary N) is 1. The maximum atomic E-state index is 7.59. The van der Waals surface area contributed by atoms with Gasteiger partial charge < -0.3 is 4.90 Å². The summed E-state index contributed by atoms with van der Waals surface area (Å²) in [6, 6.07) is 0. The van der Waals surface area contributed by atoms with Crippen LogP contribution in [0.3, 0.4) is 0 Å². The van der Waals surface area contributed by atoms with Gasteiger partial charge in [0.05, 0.1) is 0 Å². The quantitative estimate of drug-likeness (QED) is 0.638. The van der Waals surface area contributed by atoms with Gasteiger partial charge >= 0.3 is 0 Å². The average molecular weight is 150 g/mol. The van der Waals surface area contributed by atoms with Crippen LogP contribution in [0.15, 0.2) is 24.3 Å². The van der Waals surface area contributed by atoms with Crippen LogP contribution in [0, 0.1) is 5.41 Å². The van der Waals surface area contributed by atoms with Crippen molar-refractivity contribution in [2.45, 2.75) is 13.3 Å². The van der Waals surface area contributed by atoms with Gasteiger partial charge in [-0.15, -0.1) is 0 Å². The smallest absolute Gasteiger partial charge is 0.120 e. The lowest BCUT2D eigenvalue weighted by atomic mass is 10.4. The molecule has 60 valence electrons. The first-order valence-corrected chi connectivity index (χ1v) is 4.01. The van der Waals surface area contributed by atoms with E-state index in [2.05, 4.69) is 17.9 Å². The molecule has 0 aromatic rings. The Hall–Kier alpha value is -1.05. The molecule has 1 aliphatic heterocycles. The molecule has 1 rings (SSSR count). The summed E-state index contributed by atoms with van der Waals surface area (Å²) < 4.78 is 0. The van der Waals surface area contributed by atoms with Crippen molar-refractivity contribution in [3.63, 3.8) is 0 Å². The highest BCUT2D eigenvalue weighted by Gasteiger charge is 2.04. The van der Waals surface area contributed by atoms with E-state index in [-0.39, 0.29) is 0 Å². The van der Waals surface area contributed by atoms with Crippen molar-refractivity contribution >= 4 is 5.84 Å². The van der Waals surface area contributed by atoms with Gasteiger partial charge in [-0.2, -0.15) is 0 Å². The van der Waals surface area contributed by atoms with Crippen LogP contribution in [0.4, 0.5) is 0 Å². The van der Waals surface area contributed by atoms with Gasteiger partial charge in [-0.3, -0.25) is 5.41 Å². The lowest BCUT2D eigenvalue weighted by Gasteiger charge is -2.19. The van der Waals surface area contributed by atoms with Gasteiger partial charge in [-0.25, -0.2) is 0 Å². The molecule has 0 bridgehead atoms. The van der Waals surface area contributed by atoms with Crippen molar-refractivity contribution in [3.8, 4) is 0 Å². The maximum Gasteiger partial charge on any atom is 0.120 e. The molecule has 1 N–H and O–H groups in total. The van der Waals surface area contributed by atoms with Crippen molar-refractivity contribution < 1.29 is 0 Å². The average Bonchev–Trinajstić information content (AvgIpc) is 2.18. The second-order valence-electron chi connectivity index (χ2n) is 2.62. The molecule has 11 heavy (non-hydrogen) atoms. The Morgan fingerprint density at radius 2 is 2.36 bits per heavy atom. The Balaban J connectivity index is 2.56. The van der Waals surface area contributed by atoms with E-state index in [0.29, 0.717) is 5.84 Å². The SMILES string of the molecule is CCCN1CC=CC=CC1=N. The number of rotatable bonds is 2. The third-order valence-electron chi connectivity index (χ3n) is 1.66. The Morgan fingerprint density at radius 3 is 3.09 bits per heavy atom. The van der Waals surface area contributed by atoms with Crippen molar-refractivity contribution in [3.05, 3.63) is 24.3 Å². The van der Waals surface area contributed by atoms with Crippen molar-refractivity contribution in [1.82, 2.24) is 4.90 Å². The van der Waals surface area contributed by atoms with Gasteiger partial charge in [0.25, 0.3) is 0 Å². The van der Waals surface area contributed by atoms with E-state index in [1.807, 2.05) is 18.2 Å². The summed E-state index contributed by atoms with van der Waals surface area (Å²) in [5.41, 5.74) is 0. The van der Waals surface area contributed by atoms with Crippen LogP contribution in [0.25, 0.3) is 0 Å². The van der Waals surface area contributed by atoms with Gasteiger partial charge in [-0.1, -0.05) is 25.2 Å². The molecule has 0 fully saturated rings. The Bertz CT molecular complexity index is 192. The molecule has 0 unspecified atom stereocenters. The Kier molecular flexibility index (Phi) is 2.90. The molecule has 2 heteroatoms. The summed E-state index contributed by atoms with van der Waals surface area (Å²) in [5.74, 6) is 0.622. The molecule has 0 amide bonds. The van der Waals surface area contributed by atoms with Gasteiger partial charge in [-0.05, 0) is 12.5 Å². The predicted molar refractivity (Wildman–Crippen MR) is 47.9 cm³/mol. The van der Waals surface area contributed by atoms with Crippen molar-refractivity contribution in [2.24, 2.45) is 0 Å². The molecule has 0 saturated carbocycles. The molecular weight excluding hydrogens is 136 g/mol. The van der Waals surface area contributed by atoms with E-state index in [9.17, 15) is 0 Å². The number of hydrogen-bond acceptors (Lipinski definition) is 1. The first-order chi connectivity index (χ1) is 5.34. The number of hydrogen-bond donors (Lipinski definition) is 1. The van der Waals surface area contributed by atoms with Gasteiger partial charge in [0, 0.05) is 13.1 Å². The predicted octanol–water partition coefficient (Wildman–Crippen LogP) is 1.80. The zero-order chi connectivity index (χ0) is 8.10. The fraction of sp³-hybridized carbons (Fsp3) is 0.444. The van der Waals surface area contributed by atoms with Crippen LogP contribution >= 0.6 is 0 Å². The first-order valence-electron chi connectivity index (χ1n) is 4.01. The number of allylic oxidation sites excluding steroid dienone is 2. The fourth-order valence-electron chi connectivity index (χ4n) is 1.10. The normalized spacial score (nSPS) is 17.2. The molecule has 0 radical (unpaired) electrons. The minimum Gasteiger partial charge on any atom is -0.353 e. The van der Waals surface area contributed by atoms with Crippen LogP contribution in [0.5, 0.6) is 0 Å². The Morgan fingerprint density at radius 1 is 1.55 bits per heavy atom. The summed E-state index contributed by atoms with van der Waals surface area (Å²) in [4.78, 5) is 2.06. The summed E-state index contributed by atoms with van der Waals surface area (Å²) in [6.07, 6.45) is 8.92. The minimum atomic E-state index is 0.622. The highest BCUT2D eigenvalue weighted by atomic mass is 15.2. The molecule has 0 aliphatic carbocycles. The highest BCUT2D eigenvalue weighted by molar-refractivity contribution is 5.90. The molecule has 0 atom stereocenters. The van der Waals surface area contributed by atoms with E-state index in [0.717, 1.165) is 19.5 Å². The van der Waals surface area contributed by atoms with Crippen LogP contribution in [0.1, 0.15) is 13.3 Å². The standard InChI is InChI=1S/C9H14N2/c1-2-7-11-8-5-3-4-6-9(11)10/h3-6,10H,2,7-8H2,1H3. The molecule has 2 nitrogen and oxygen atoms in total. The third kappa shape index (κ3) is 2.22. The summed E-state index contributed by atoms with van der Waals surface area (Å²) in [6.45, 7) is 3.98. The Labute approximate surface area is 67.7 Å². The summed E-state index contributed by atoms with van der Waals surface area (Å²) in [5, 5.41) is 7.59. The lowest BCUT2D eigenvalue weighted by molar-refractivity contribution is 0.460. The fourth-order valence-corrected chi connectivity index (χ4v) is 1.10. The maximum absolute atomic E-state index is 7.59. The van der Waals surface area contributed by atoms with E-state index in [4.69, 9.17) is 5.41 Å². The second-order valence-corrected chi connectivity index (χ2v) is 2.62. The number of nitrogens with zero attached hydrogens (tertiary/aromatic N) is 1. The molecule has 0 aromatic carbocycles. The van der Waals surface area contributed by atoms with Gasteiger partial charge in [0.2, 0.25) is 0 Å². The van der Waals surface area contributed by atoms with Crippen LogP contribution in [-0.2, 0) is 0 Å². The largest absolute Gasteiger partial charge is 0.353 e. The van der Waals surface area contributed by atoms with E-state index < -0.39 is 0 Å². The molecule has 0 spiro atoms. The van der Waals surface area contributed by atoms with E-state index in [1.165, 1.54) is 0 Å². The summed E-state index contributed by atoms with van der Waals surface area (Å²) in [7, 11) is 0. The molecule has 1 aliphatic rings.